The molecule has 1 N–H and O–H groups in total. The molecule has 0 bridgehead atoms. The van der Waals surface area contributed by atoms with E-state index in [4.69, 9.17) is 0 Å². The highest BCUT2D eigenvalue weighted by molar-refractivity contribution is 9.10. The number of rotatable bonds is 11. The number of amides is 2. The fourth-order valence-corrected chi connectivity index (χ4v) is 5.44. The highest BCUT2D eigenvalue weighted by Gasteiger charge is 2.32. The molecule has 0 saturated heterocycles. The zero-order chi connectivity index (χ0) is 26.9. The Labute approximate surface area is 236 Å². The molecule has 200 valence electrons. The summed E-state index contributed by atoms with van der Waals surface area (Å²) >= 11 is 3.51. The summed E-state index contributed by atoms with van der Waals surface area (Å²) in [5.74, 6) is 0.431. The third-order valence-electron chi connectivity index (χ3n) is 7.51. The number of benzene rings is 3. The Bertz CT molecular complexity index is 1170. The smallest absolute Gasteiger partial charge is 0.243 e. The van der Waals surface area contributed by atoms with Gasteiger partial charge in [0.15, 0.2) is 0 Å². The molecule has 1 fully saturated rings. The van der Waals surface area contributed by atoms with E-state index in [1.807, 2.05) is 59.5 Å². The molecule has 0 heterocycles. The van der Waals surface area contributed by atoms with Gasteiger partial charge in [-0.05, 0) is 59.6 Å². The van der Waals surface area contributed by atoms with Gasteiger partial charge >= 0.3 is 0 Å². The number of halogens is 1. The van der Waals surface area contributed by atoms with Gasteiger partial charge in [0.1, 0.15) is 6.04 Å². The molecule has 0 radical (unpaired) electrons. The first-order valence-corrected chi connectivity index (χ1v) is 14.7. The Morgan fingerprint density at radius 1 is 0.868 bits per heavy atom. The molecule has 0 aliphatic heterocycles. The van der Waals surface area contributed by atoms with E-state index in [0.717, 1.165) is 46.8 Å². The predicted molar refractivity (Wildman–Crippen MR) is 158 cm³/mol. The van der Waals surface area contributed by atoms with E-state index in [1.54, 1.807) is 0 Å². The second kappa shape index (κ2) is 13.7. The summed E-state index contributed by atoms with van der Waals surface area (Å²) in [7, 11) is 0. The molecule has 4 nitrogen and oxygen atoms in total. The maximum atomic E-state index is 13.9. The van der Waals surface area contributed by atoms with Gasteiger partial charge in [0.2, 0.25) is 11.8 Å². The maximum Gasteiger partial charge on any atom is 0.243 e. The molecule has 5 heteroatoms. The number of hydrogen-bond acceptors (Lipinski definition) is 2. The summed E-state index contributed by atoms with van der Waals surface area (Å²) in [4.78, 5) is 29.4. The molecule has 0 aromatic heterocycles. The number of aryl methyl sites for hydroxylation is 1. The number of nitrogens with one attached hydrogen (secondary N) is 1. The van der Waals surface area contributed by atoms with Crippen molar-refractivity contribution < 1.29 is 9.59 Å². The van der Waals surface area contributed by atoms with Crippen LogP contribution in [0.1, 0.15) is 74.1 Å². The van der Waals surface area contributed by atoms with Gasteiger partial charge in [-0.3, -0.25) is 9.59 Å². The molecule has 38 heavy (non-hydrogen) atoms. The van der Waals surface area contributed by atoms with Crippen molar-refractivity contribution in [2.45, 2.75) is 83.3 Å². The fourth-order valence-electron chi connectivity index (χ4n) is 5.17. The molecule has 3 aromatic rings. The summed E-state index contributed by atoms with van der Waals surface area (Å²) in [5, 5.41) is 3.28. The van der Waals surface area contributed by atoms with Crippen LogP contribution in [0.3, 0.4) is 0 Å². The molecule has 0 spiro atoms. The van der Waals surface area contributed by atoms with Gasteiger partial charge in [-0.1, -0.05) is 109 Å². The third kappa shape index (κ3) is 8.04. The molecule has 1 unspecified atom stereocenters. The van der Waals surface area contributed by atoms with Gasteiger partial charge in [-0.25, -0.2) is 0 Å². The Morgan fingerprint density at radius 2 is 1.50 bits per heavy atom. The van der Waals surface area contributed by atoms with Crippen LogP contribution < -0.4 is 5.32 Å². The van der Waals surface area contributed by atoms with Gasteiger partial charge < -0.3 is 10.2 Å². The Kier molecular flexibility index (Phi) is 10.2. The van der Waals surface area contributed by atoms with Crippen LogP contribution in [0, 0.1) is 0 Å². The zero-order valence-electron chi connectivity index (χ0n) is 22.5. The van der Waals surface area contributed by atoms with Gasteiger partial charge in [0.05, 0.1) is 0 Å². The van der Waals surface area contributed by atoms with Gasteiger partial charge in [0.25, 0.3) is 0 Å². The van der Waals surface area contributed by atoms with Crippen LogP contribution in [0.25, 0.3) is 0 Å². The van der Waals surface area contributed by atoms with Crippen molar-refractivity contribution in [3.8, 4) is 0 Å². The molecule has 2 amide bonds. The van der Waals surface area contributed by atoms with Crippen LogP contribution >= 0.6 is 15.9 Å². The van der Waals surface area contributed by atoms with Crippen molar-refractivity contribution in [2.75, 3.05) is 0 Å². The quantitative estimate of drug-likeness (QED) is 0.263. The van der Waals surface area contributed by atoms with Gasteiger partial charge in [-0.15, -0.1) is 0 Å². The summed E-state index contributed by atoms with van der Waals surface area (Å²) in [6.45, 7) is 4.76. The van der Waals surface area contributed by atoms with E-state index < -0.39 is 6.04 Å². The number of carbonyl (C=O) groups is 2. The van der Waals surface area contributed by atoms with E-state index in [0.29, 0.717) is 31.7 Å². The lowest BCUT2D eigenvalue weighted by Gasteiger charge is -2.32. The van der Waals surface area contributed by atoms with Crippen LogP contribution in [0.5, 0.6) is 0 Å². The topological polar surface area (TPSA) is 49.4 Å². The molecular weight excluding hydrogens is 536 g/mol. The van der Waals surface area contributed by atoms with Crippen LogP contribution in [0.15, 0.2) is 83.3 Å². The molecule has 4 rings (SSSR count). The van der Waals surface area contributed by atoms with Crippen molar-refractivity contribution >= 4 is 27.7 Å². The monoisotopic (exact) mass is 574 g/mol. The molecule has 1 saturated carbocycles. The van der Waals surface area contributed by atoms with Crippen LogP contribution in [-0.2, 0) is 29.0 Å². The van der Waals surface area contributed by atoms with Crippen molar-refractivity contribution in [3.05, 3.63) is 106 Å². The molecular formula is C33H39BrN2O2. The minimum Gasteiger partial charge on any atom is -0.352 e. The van der Waals surface area contributed by atoms with Gasteiger partial charge in [-0.2, -0.15) is 0 Å². The maximum absolute atomic E-state index is 13.9. The molecule has 1 aliphatic carbocycles. The zero-order valence-corrected chi connectivity index (χ0v) is 24.1. The third-order valence-corrected chi connectivity index (χ3v) is 8.04. The van der Waals surface area contributed by atoms with E-state index in [1.165, 1.54) is 5.56 Å². The standard InChI is InChI=1S/C33H39BrN2O2/c1-24(2)28-17-12-25(13-18-28)16-21-32(37)36(23-27-14-19-29(34)20-15-27)31(22-26-8-4-3-5-9-26)33(38)35-30-10-6-7-11-30/h3-5,8-9,12-15,17-20,24,30-31H,6-7,10-11,16,21-23H2,1-2H3,(H,35,38). The van der Waals surface area contributed by atoms with Crippen molar-refractivity contribution in [1.82, 2.24) is 10.2 Å². The Hall–Kier alpha value is -2.92. The van der Waals surface area contributed by atoms with E-state index in [2.05, 4.69) is 59.4 Å². The van der Waals surface area contributed by atoms with Crippen molar-refractivity contribution in [2.24, 2.45) is 0 Å². The first kappa shape index (κ1) is 28.1. The van der Waals surface area contributed by atoms with Crippen molar-refractivity contribution in [3.63, 3.8) is 0 Å². The largest absolute Gasteiger partial charge is 0.352 e. The highest BCUT2D eigenvalue weighted by Crippen LogP contribution is 2.22. The van der Waals surface area contributed by atoms with Crippen LogP contribution in [0.4, 0.5) is 0 Å². The number of hydrogen-bond donors (Lipinski definition) is 1. The second-order valence-electron chi connectivity index (χ2n) is 10.7. The summed E-state index contributed by atoms with van der Waals surface area (Å²) < 4.78 is 0.990. The minimum absolute atomic E-state index is 0.00311. The average molecular weight is 576 g/mol. The van der Waals surface area contributed by atoms with Gasteiger partial charge in [0, 0.05) is 29.9 Å². The lowest BCUT2D eigenvalue weighted by atomic mass is 9.99. The lowest BCUT2D eigenvalue weighted by molar-refractivity contribution is -0.141. The summed E-state index contributed by atoms with van der Waals surface area (Å²) in [6.07, 6.45) is 5.81. The molecule has 3 aromatic carbocycles. The van der Waals surface area contributed by atoms with E-state index in [-0.39, 0.29) is 17.9 Å². The SMILES string of the molecule is CC(C)c1ccc(CCC(=O)N(Cc2ccc(Br)cc2)C(Cc2ccccc2)C(=O)NC2CCCC2)cc1. The van der Waals surface area contributed by atoms with Crippen LogP contribution in [-0.4, -0.2) is 28.8 Å². The first-order valence-electron chi connectivity index (χ1n) is 13.9. The second-order valence-corrected chi connectivity index (χ2v) is 11.7. The number of carbonyl (C=O) groups excluding carboxylic acids is 2. The number of nitrogens with zero attached hydrogens (tertiary/aromatic N) is 1. The average Bonchev–Trinajstić information content (AvgIpc) is 3.44. The molecule has 1 aliphatic rings. The lowest BCUT2D eigenvalue weighted by Crippen LogP contribution is -2.52. The fraction of sp³-hybridized carbons (Fsp3) is 0.394. The Balaban J connectivity index is 1.58. The van der Waals surface area contributed by atoms with Crippen LogP contribution in [0.2, 0.25) is 0 Å². The van der Waals surface area contributed by atoms with E-state index >= 15 is 0 Å². The first-order chi connectivity index (χ1) is 18.4. The highest BCUT2D eigenvalue weighted by atomic mass is 79.9. The predicted octanol–water partition coefficient (Wildman–Crippen LogP) is 7.20. The van der Waals surface area contributed by atoms with Crippen molar-refractivity contribution in [1.29, 1.82) is 0 Å². The normalized spacial score (nSPS) is 14.4. The summed E-state index contributed by atoms with van der Waals surface area (Å²) in [6, 6.07) is 26.2. The minimum atomic E-state index is -0.572. The van der Waals surface area contributed by atoms with E-state index in [9.17, 15) is 9.59 Å². The molecule has 1 atom stereocenters. The Morgan fingerprint density at radius 3 is 2.13 bits per heavy atom. The summed E-state index contributed by atoms with van der Waals surface area (Å²) in [5.41, 5.74) is 4.50.